The Bertz CT molecular complexity index is 839. The van der Waals surface area contributed by atoms with Crippen LogP contribution in [0.4, 0.5) is 0 Å². The number of benzene rings is 2. The number of nitrogens with one attached hydrogen (secondary N) is 1. The van der Waals surface area contributed by atoms with Crippen molar-refractivity contribution in [1.29, 1.82) is 0 Å². The molecule has 25 heavy (non-hydrogen) atoms. The van der Waals surface area contributed by atoms with Crippen molar-refractivity contribution in [3.8, 4) is 11.5 Å². The summed E-state index contributed by atoms with van der Waals surface area (Å²) in [6, 6.07) is 9.11. The van der Waals surface area contributed by atoms with Crippen LogP contribution < -0.4 is 15.3 Å². The molecule has 130 valence electrons. The molecule has 2 rings (SSSR count). The monoisotopic (exact) mass is 469 g/mol. The van der Waals surface area contributed by atoms with Gasteiger partial charge in [0.1, 0.15) is 18.1 Å². The van der Waals surface area contributed by atoms with Gasteiger partial charge < -0.3 is 19.7 Å². The Kier molecular flexibility index (Phi) is 6.54. The van der Waals surface area contributed by atoms with Crippen LogP contribution in [0.15, 0.2) is 50.4 Å². The van der Waals surface area contributed by atoms with Crippen LogP contribution in [-0.4, -0.2) is 29.8 Å². The molecule has 0 heterocycles. The second-order valence-corrected chi connectivity index (χ2v) is 6.49. The Morgan fingerprint density at radius 3 is 2.72 bits per heavy atom. The van der Waals surface area contributed by atoms with Gasteiger partial charge in [0.05, 0.1) is 16.7 Å². The van der Waals surface area contributed by atoms with Crippen LogP contribution in [0.3, 0.4) is 0 Å². The van der Waals surface area contributed by atoms with Crippen molar-refractivity contribution in [2.24, 2.45) is 5.10 Å². The number of hydrazone groups is 1. The summed E-state index contributed by atoms with van der Waals surface area (Å²) >= 11 is 6.57. The van der Waals surface area contributed by atoms with Crippen LogP contribution >= 0.6 is 31.9 Å². The number of carbonyl (C=O) groups is 2. The molecule has 0 aliphatic rings. The van der Waals surface area contributed by atoms with Crippen LogP contribution in [-0.2, 0) is 4.79 Å². The fraction of sp³-hybridized carbons (Fsp3) is 0.0625. The van der Waals surface area contributed by atoms with E-state index in [4.69, 9.17) is 4.74 Å². The molecule has 0 aliphatic heterocycles. The normalized spacial score (nSPS) is 10.6. The number of rotatable bonds is 6. The lowest BCUT2D eigenvalue weighted by Gasteiger charge is -2.12. The highest BCUT2D eigenvalue weighted by molar-refractivity contribution is 9.11. The predicted molar refractivity (Wildman–Crippen MR) is 95.5 cm³/mol. The summed E-state index contributed by atoms with van der Waals surface area (Å²) in [5, 5.41) is 23.8. The Balaban J connectivity index is 2.16. The summed E-state index contributed by atoms with van der Waals surface area (Å²) < 4.78 is 6.37. The van der Waals surface area contributed by atoms with E-state index in [1.807, 2.05) is 0 Å². The minimum absolute atomic E-state index is 0.0366. The lowest BCUT2D eigenvalue weighted by molar-refractivity contribution is -0.307. The average Bonchev–Trinajstić information content (AvgIpc) is 2.53. The van der Waals surface area contributed by atoms with E-state index in [2.05, 4.69) is 42.4 Å². The van der Waals surface area contributed by atoms with Crippen molar-refractivity contribution in [3.63, 3.8) is 0 Å². The van der Waals surface area contributed by atoms with Gasteiger partial charge in [0.15, 0.2) is 0 Å². The summed E-state index contributed by atoms with van der Waals surface area (Å²) in [4.78, 5) is 22.5. The molecule has 0 saturated heterocycles. The van der Waals surface area contributed by atoms with Crippen LogP contribution in [0.5, 0.6) is 11.5 Å². The topological polar surface area (TPSA) is 111 Å². The second-order valence-electron chi connectivity index (χ2n) is 4.72. The Morgan fingerprint density at radius 2 is 2.04 bits per heavy atom. The maximum Gasteiger partial charge on any atom is 0.271 e. The number of halogens is 2. The molecule has 0 saturated carbocycles. The molecule has 9 heteroatoms. The third kappa shape index (κ3) is 5.57. The van der Waals surface area contributed by atoms with Crippen molar-refractivity contribution in [2.45, 2.75) is 0 Å². The van der Waals surface area contributed by atoms with E-state index in [0.717, 1.165) is 0 Å². The minimum Gasteiger partial charge on any atom is -0.546 e. The van der Waals surface area contributed by atoms with Crippen molar-refractivity contribution in [1.82, 2.24) is 5.43 Å². The number of hydrogen-bond donors (Lipinski definition) is 2. The van der Waals surface area contributed by atoms with Gasteiger partial charge >= 0.3 is 0 Å². The molecule has 2 aromatic carbocycles. The first-order valence-electron chi connectivity index (χ1n) is 6.81. The first kappa shape index (κ1) is 18.9. The van der Waals surface area contributed by atoms with Crippen LogP contribution in [0.2, 0.25) is 0 Å². The number of amides is 1. The second kappa shape index (κ2) is 8.63. The zero-order valence-corrected chi connectivity index (χ0v) is 15.7. The number of hydrogen-bond acceptors (Lipinski definition) is 6. The van der Waals surface area contributed by atoms with Gasteiger partial charge in [-0.25, -0.2) is 5.43 Å². The molecular formula is C16H11Br2N2O5-. The van der Waals surface area contributed by atoms with Crippen LogP contribution in [0.1, 0.15) is 15.9 Å². The first-order valence-corrected chi connectivity index (χ1v) is 8.39. The quantitative estimate of drug-likeness (QED) is 0.494. The summed E-state index contributed by atoms with van der Waals surface area (Å²) in [7, 11) is 0. The van der Waals surface area contributed by atoms with Gasteiger partial charge in [0, 0.05) is 15.6 Å². The molecule has 0 spiro atoms. The summed E-state index contributed by atoms with van der Waals surface area (Å²) in [6.07, 6.45) is 1.31. The fourth-order valence-corrected chi connectivity index (χ4v) is 3.20. The van der Waals surface area contributed by atoms with Gasteiger partial charge in [-0.3, -0.25) is 4.79 Å². The SMILES string of the molecule is O=C([O-])COc1c(Br)cc(Br)cc1C=NNC(=O)c1cccc(O)c1. The number of phenolic OH excluding ortho intramolecular Hbond substituents is 1. The van der Waals surface area contributed by atoms with E-state index >= 15 is 0 Å². The molecule has 0 aliphatic carbocycles. The summed E-state index contributed by atoms with van der Waals surface area (Å²) in [5.41, 5.74) is 2.98. The van der Waals surface area contributed by atoms with Crippen molar-refractivity contribution < 1.29 is 24.5 Å². The lowest BCUT2D eigenvalue weighted by Crippen LogP contribution is -2.29. The molecule has 0 atom stereocenters. The Hall–Kier alpha value is -2.39. The van der Waals surface area contributed by atoms with E-state index in [1.54, 1.807) is 12.1 Å². The van der Waals surface area contributed by atoms with E-state index in [0.29, 0.717) is 14.5 Å². The Labute approximate surface area is 159 Å². The zero-order chi connectivity index (χ0) is 18.4. The van der Waals surface area contributed by atoms with E-state index in [-0.39, 0.29) is 17.1 Å². The molecule has 7 nitrogen and oxygen atoms in total. The number of carboxylic acids is 1. The molecule has 1 amide bonds. The van der Waals surface area contributed by atoms with Gasteiger partial charge in [-0.05, 0) is 46.3 Å². The zero-order valence-electron chi connectivity index (χ0n) is 12.5. The standard InChI is InChI=1S/C16H12Br2N2O5/c17-11-4-10(15(13(18)6-11)25-8-14(22)23)7-19-20-16(24)9-2-1-3-12(21)5-9/h1-7,21H,8H2,(H,20,24)(H,22,23)/p-1. The van der Waals surface area contributed by atoms with Gasteiger partial charge in [-0.1, -0.05) is 22.0 Å². The molecule has 2 N–H and O–H groups in total. The number of carboxylic acid groups (broad SMARTS) is 1. The third-order valence-corrected chi connectivity index (χ3v) is 3.90. The van der Waals surface area contributed by atoms with Crippen molar-refractivity contribution in [2.75, 3.05) is 6.61 Å². The summed E-state index contributed by atoms with van der Waals surface area (Å²) in [6.45, 7) is -0.628. The van der Waals surface area contributed by atoms with Gasteiger partial charge in [0.25, 0.3) is 5.91 Å². The van der Waals surface area contributed by atoms with E-state index in [1.165, 1.54) is 30.5 Å². The number of aromatic hydroxyl groups is 1. The Morgan fingerprint density at radius 1 is 1.28 bits per heavy atom. The minimum atomic E-state index is -1.37. The number of ether oxygens (including phenoxy) is 1. The maximum absolute atomic E-state index is 11.9. The number of phenols is 1. The maximum atomic E-state index is 11.9. The molecule has 2 aromatic rings. The molecule has 0 bridgehead atoms. The average molecular weight is 471 g/mol. The number of nitrogens with zero attached hydrogens (tertiary/aromatic N) is 1. The van der Waals surface area contributed by atoms with E-state index in [9.17, 15) is 19.8 Å². The first-order chi connectivity index (χ1) is 11.9. The molecule has 0 fully saturated rings. The molecule has 0 radical (unpaired) electrons. The van der Waals surface area contributed by atoms with Crippen LogP contribution in [0.25, 0.3) is 0 Å². The van der Waals surface area contributed by atoms with Gasteiger partial charge in [-0.2, -0.15) is 5.10 Å². The largest absolute Gasteiger partial charge is 0.546 e. The van der Waals surface area contributed by atoms with Crippen molar-refractivity contribution in [3.05, 3.63) is 56.5 Å². The van der Waals surface area contributed by atoms with Gasteiger partial charge in [0.2, 0.25) is 0 Å². The van der Waals surface area contributed by atoms with Crippen LogP contribution in [0, 0.1) is 0 Å². The fourth-order valence-electron chi connectivity index (χ4n) is 1.83. The van der Waals surface area contributed by atoms with E-state index < -0.39 is 18.5 Å². The van der Waals surface area contributed by atoms with Gasteiger partial charge in [-0.15, -0.1) is 0 Å². The highest BCUT2D eigenvalue weighted by Gasteiger charge is 2.10. The molecule has 0 aromatic heterocycles. The highest BCUT2D eigenvalue weighted by Crippen LogP contribution is 2.32. The highest BCUT2D eigenvalue weighted by atomic mass is 79.9. The molecular weight excluding hydrogens is 460 g/mol. The predicted octanol–water partition coefficient (Wildman–Crippen LogP) is 1.81. The smallest absolute Gasteiger partial charge is 0.271 e. The third-order valence-electron chi connectivity index (χ3n) is 2.85. The molecule has 0 unspecified atom stereocenters. The lowest BCUT2D eigenvalue weighted by atomic mass is 10.2. The number of aliphatic carboxylic acids is 1. The summed E-state index contributed by atoms with van der Waals surface area (Å²) in [5.74, 6) is -1.68. The van der Waals surface area contributed by atoms with Crippen molar-refractivity contribution >= 4 is 50.0 Å². The number of carbonyl (C=O) groups excluding carboxylic acids is 2.